The zero-order chi connectivity index (χ0) is 18.0. The summed E-state index contributed by atoms with van der Waals surface area (Å²) in [5, 5.41) is 6.38. The van der Waals surface area contributed by atoms with E-state index in [0.717, 1.165) is 30.1 Å². The number of nitrogen functional groups attached to an aromatic ring is 1. The minimum Gasteiger partial charge on any atom is -0.397 e. The molecule has 2 saturated carbocycles. The first-order chi connectivity index (χ1) is 12.0. The van der Waals surface area contributed by atoms with Crippen LogP contribution in [-0.4, -0.2) is 32.1 Å². The topological polar surface area (TPSA) is 70.4 Å². The van der Waals surface area contributed by atoms with Crippen LogP contribution in [0.5, 0.6) is 0 Å². The van der Waals surface area contributed by atoms with Crippen LogP contribution in [0.25, 0.3) is 0 Å². The molecule has 4 N–H and O–H groups in total. The third-order valence-corrected chi connectivity index (χ3v) is 6.04. The van der Waals surface area contributed by atoms with Gasteiger partial charge in [0.05, 0.1) is 22.6 Å². The van der Waals surface area contributed by atoms with Crippen molar-refractivity contribution in [1.29, 1.82) is 0 Å². The van der Waals surface area contributed by atoms with E-state index in [1.165, 1.54) is 32.1 Å². The molecule has 0 bridgehead atoms. The van der Waals surface area contributed by atoms with E-state index in [-0.39, 0.29) is 11.9 Å². The molecule has 0 radical (unpaired) electrons. The van der Waals surface area contributed by atoms with Gasteiger partial charge in [-0.2, -0.15) is 0 Å². The van der Waals surface area contributed by atoms with Crippen molar-refractivity contribution < 1.29 is 4.79 Å². The molecule has 138 valence electrons. The molecule has 0 spiro atoms. The summed E-state index contributed by atoms with van der Waals surface area (Å²) in [6.07, 6.45) is 8.19. The molecule has 5 nitrogen and oxygen atoms in total. The summed E-state index contributed by atoms with van der Waals surface area (Å²) in [6.45, 7) is 2.29. The molecule has 3 rings (SSSR count). The molecule has 1 aromatic carbocycles. The number of benzene rings is 1. The number of hydrogen-bond donors (Lipinski definition) is 3. The van der Waals surface area contributed by atoms with Gasteiger partial charge in [-0.3, -0.25) is 4.79 Å². The number of amides is 1. The normalized spacial score (nSPS) is 23.6. The Labute approximate surface area is 151 Å². The molecule has 2 aliphatic carbocycles. The molecule has 0 saturated heterocycles. The van der Waals surface area contributed by atoms with E-state index in [4.69, 9.17) is 5.73 Å². The Hall–Kier alpha value is -1.91. The van der Waals surface area contributed by atoms with E-state index < -0.39 is 0 Å². The second-order valence-corrected chi connectivity index (χ2v) is 7.83. The molecule has 0 heterocycles. The Morgan fingerprint density at radius 3 is 2.40 bits per heavy atom. The fourth-order valence-electron chi connectivity index (χ4n) is 3.93. The number of rotatable bonds is 5. The van der Waals surface area contributed by atoms with Crippen molar-refractivity contribution in [2.24, 2.45) is 5.92 Å². The molecule has 0 aliphatic heterocycles. The standard InChI is InChI=1S/C20H32N4O/c1-13-7-9-14(10-8-13)23-20(25)16-11-17(21)18(22-2)12-19(16)24(3)15-5-4-6-15/h11-15,22H,4-10,21H2,1-3H3,(H,23,25). The number of carbonyl (C=O) groups excluding carboxylic acids is 1. The molecule has 25 heavy (non-hydrogen) atoms. The fraction of sp³-hybridized carbons (Fsp3) is 0.650. The van der Waals surface area contributed by atoms with Crippen molar-refractivity contribution in [2.45, 2.75) is 64.0 Å². The van der Waals surface area contributed by atoms with Crippen LogP contribution in [0, 0.1) is 5.92 Å². The summed E-state index contributed by atoms with van der Waals surface area (Å²) < 4.78 is 0. The summed E-state index contributed by atoms with van der Waals surface area (Å²) in [5.74, 6) is 0.786. The molecular formula is C20H32N4O. The maximum atomic E-state index is 13.0. The smallest absolute Gasteiger partial charge is 0.253 e. The van der Waals surface area contributed by atoms with E-state index in [0.29, 0.717) is 17.3 Å². The first-order valence-corrected chi connectivity index (χ1v) is 9.64. The highest BCUT2D eigenvalue weighted by Gasteiger charge is 2.27. The second kappa shape index (κ2) is 7.54. The van der Waals surface area contributed by atoms with Gasteiger partial charge in [-0.05, 0) is 63.0 Å². The Kier molecular flexibility index (Phi) is 5.40. The Balaban J connectivity index is 1.82. The van der Waals surface area contributed by atoms with Crippen LogP contribution in [0.15, 0.2) is 12.1 Å². The third kappa shape index (κ3) is 3.86. The molecule has 2 fully saturated rings. The average Bonchev–Trinajstić information content (AvgIpc) is 2.55. The number of nitrogens with zero attached hydrogens (tertiary/aromatic N) is 1. The van der Waals surface area contributed by atoms with E-state index in [1.54, 1.807) is 0 Å². The van der Waals surface area contributed by atoms with Crippen LogP contribution in [0.3, 0.4) is 0 Å². The van der Waals surface area contributed by atoms with Crippen molar-refractivity contribution in [3.05, 3.63) is 17.7 Å². The van der Waals surface area contributed by atoms with Gasteiger partial charge < -0.3 is 21.3 Å². The SMILES string of the molecule is CNc1cc(N(C)C2CCC2)c(C(=O)NC2CCC(C)CC2)cc1N. The number of nitrogens with two attached hydrogens (primary N) is 1. The van der Waals surface area contributed by atoms with Crippen molar-refractivity contribution in [3.63, 3.8) is 0 Å². The average molecular weight is 345 g/mol. The van der Waals surface area contributed by atoms with Gasteiger partial charge in [0.1, 0.15) is 0 Å². The minimum absolute atomic E-state index is 0.00933. The van der Waals surface area contributed by atoms with Gasteiger partial charge in [-0.15, -0.1) is 0 Å². The van der Waals surface area contributed by atoms with Gasteiger partial charge in [-0.1, -0.05) is 6.92 Å². The van der Waals surface area contributed by atoms with E-state index in [9.17, 15) is 4.79 Å². The van der Waals surface area contributed by atoms with Gasteiger partial charge in [0.25, 0.3) is 5.91 Å². The lowest BCUT2D eigenvalue weighted by Gasteiger charge is -2.37. The van der Waals surface area contributed by atoms with Crippen molar-refractivity contribution in [2.75, 3.05) is 30.0 Å². The molecular weight excluding hydrogens is 312 g/mol. The third-order valence-electron chi connectivity index (χ3n) is 6.04. The van der Waals surface area contributed by atoms with E-state index in [1.807, 2.05) is 19.2 Å². The molecule has 5 heteroatoms. The lowest BCUT2D eigenvalue weighted by Crippen LogP contribution is -2.41. The van der Waals surface area contributed by atoms with Crippen molar-refractivity contribution in [1.82, 2.24) is 5.32 Å². The van der Waals surface area contributed by atoms with Crippen molar-refractivity contribution >= 4 is 23.0 Å². The summed E-state index contributed by atoms with van der Waals surface area (Å²) in [6, 6.07) is 4.66. The highest BCUT2D eigenvalue weighted by molar-refractivity contribution is 6.02. The van der Waals surface area contributed by atoms with E-state index >= 15 is 0 Å². The van der Waals surface area contributed by atoms with Crippen LogP contribution in [-0.2, 0) is 0 Å². The first kappa shape index (κ1) is 17.9. The monoisotopic (exact) mass is 344 g/mol. The molecule has 0 aromatic heterocycles. The first-order valence-electron chi connectivity index (χ1n) is 9.64. The van der Waals surface area contributed by atoms with Crippen LogP contribution in [0.2, 0.25) is 0 Å². The van der Waals surface area contributed by atoms with Gasteiger partial charge >= 0.3 is 0 Å². The summed E-state index contributed by atoms with van der Waals surface area (Å²) in [4.78, 5) is 15.2. The predicted molar refractivity (Wildman–Crippen MR) is 105 cm³/mol. The Morgan fingerprint density at radius 2 is 1.84 bits per heavy atom. The van der Waals surface area contributed by atoms with Gasteiger partial charge in [0.2, 0.25) is 0 Å². The Morgan fingerprint density at radius 1 is 1.16 bits per heavy atom. The zero-order valence-electron chi connectivity index (χ0n) is 15.8. The lowest BCUT2D eigenvalue weighted by molar-refractivity contribution is 0.0923. The quantitative estimate of drug-likeness (QED) is 0.714. The van der Waals surface area contributed by atoms with Gasteiger partial charge in [0, 0.05) is 26.2 Å². The number of nitrogens with one attached hydrogen (secondary N) is 2. The second-order valence-electron chi connectivity index (χ2n) is 7.83. The molecule has 1 aromatic rings. The largest absolute Gasteiger partial charge is 0.397 e. The molecule has 0 unspecified atom stereocenters. The van der Waals surface area contributed by atoms with E-state index in [2.05, 4.69) is 29.5 Å². The fourth-order valence-corrected chi connectivity index (χ4v) is 3.93. The number of carbonyl (C=O) groups is 1. The zero-order valence-corrected chi connectivity index (χ0v) is 15.8. The molecule has 2 aliphatic rings. The number of hydrogen-bond acceptors (Lipinski definition) is 4. The highest BCUT2D eigenvalue weighted by Crippen LogP contribution is 2.35. The van der Waals surface area contributed by atoms with Crippen molar-refractivity contribution in [3.8, 4) is 0 Å². The van der Waals surface area contributed by atoms with Crippen LogP contribution >= 0.6 is 0 Å². The van der Waals surface area contributed by atoms with Crippen LogP contribution < -0.4 is 21.3 Å². The Bertz CT molecular complexity index is 618. The summed E-state index contributed by atoms with van der Waals surface area (Å²) >= 11 is 0. The molecule has 1 amide bonds. The predicted octanol–water partition coefficient (Wildman–Crippen LogP) is 3.61. The highest BCUT2D eigenvalue weighted by atomic mass is 16.1. The number of anilines is 3. The maximum absolute atomic E-state index is 13.0. The van der Waals surface area contributed by atoms with Gasteiger partial charge in [-0.25, -0.2) is 0 Å². The lowest BCUT2D eigenvalue weighted by atomic mass is 9.87. The summed E-state index contributed by atoms with van der Waals surface area (Å²) in [7, 11) is 3.95. The van der Waals surface area contributed by atoms with Crippen LogP contribution in [0.1, 0.15) is 62.2 Å². The minimum atomic E-state index is 0.00933. The van der Waals surface area contributed by atoms with Gasteiger partial charge in [0.15, 0.2) is 0 Å². The maximum Gasteiger partial charge on any atom is 0.253 e. The molecule has 0 atom stereocenters. The van der Waals surface area contributed by atoms with Crippen LogP contribution in [0.4, 0.5) is 17.1 Å². The summed E-state index contributed by atoms with van der Waals surface area (Å²) in [5.41, 5.74) is 9.33.